The van der Waals surface area contributed by atoms with Crippen LogP contribution >= 0.6 is 11.3 Å². The second-order valence-electron chi connectivity index (χ2n) is 7.69. The van der Waals surface area contributed by atoms with Gasteiger partial charge in [0, 0.05) is 43.7 Å². The molecule has 0 bridgehead atoms. The van der Waals surface area contributed by atoms with Crippen LogP contribution in [0.3, 0.4) is 0 Å². The van der Waals surface area contributed by atoms with Gasteiger partial charge in [-0.1, -0.05) is 36.4 Å². The molecule has 0 spiro atoms. The zero-order valence-electron chi connectivity index (χ0n) is 16.5. The van der Waals surface area contributed by atoms with E-state index in [0.717, 1.165) is 12.8 Å². The van der Waals surface area contributed by atoms with Crippen molar-refractivity contribution in [3.05, 3.63) is 70.2 Å². The minimum atomic E-state index is 0.166. The highest BCUT2D eigenvalue weighted by Crippen LogP contribution is 2.48. The molecular formula is C25H25NOS. The van der Waals surface area contributed by atoms with E-state index in [1.165, 1.54) is 60.3 Å². The summed E-state index contributed by atoms with van der Waals surface area (Å²) in [6, 6.07) is 17.5. The summed E-state index contributed by atoms with van der Waals surface area (Å²) in [5.41, 5.74) is 8.41. The fourth-order valence-electron chi connectivity index (χ4n) is 5.04. The molecule has 3 heteroatoms. The first-order chi connectivity index (χ1) is 13.7. The van der Waals surface area contributed by atoms with Crippen molar-refractivity contribution in [1.29, 1.82) is 0 Å². The normalized spacial score (nSPS) is 14.7. The molecular weight excluding hydrogens is 362 g/mol. The Kier molecular flexibility index (Phi) is 4.37. The van der Waals surface area contributed by atoms with Crippen molar-refractivity contribution in [1.82, 2.24) is 4.57 Å². The average molecular weight is 388 g/mol. The van der Waals surface area contributed by atoms with E-state index in [1.54, 1.807) is 0 Å². The van der Waals surface area contributed by atoms with Gasteiger partial charge in [-0.25, -0.2) is 0 Å². The molecule has 0 aliphatic heterocycles. The number of aromatic nitrogens is 1. The van der Waals surface area contributed by atoms with Crippen LogP contribution in [-0.4, -0.2) is 16.3 Å². The lowest BCUT2D eigenvalue weighted by molar-refractivity contribution is 0.277. The van der Waals surface area contributed by atoms with Crippen LogP contribution in [0.25, 0.3) is 32.1 Å². The Morgan fingerprint density at radius 2 is 1.57 bits per heavy atom. The van der Waals surface area contributed by atoms with Gasteiger partial charge in [0.25, 0.3) is 0 Å². The number of para-hydroxylation sites is 1. The Labute approximate surface area is 169 Å². The summed E-state index contributed by atoms with van der Waals surface area (Å²) in [5.74, 6) is 0. The largest absolute Gasteiger partial charge is 0.395 e. The van der Waals surface area contributed by atoms with E-state index in [2.05, 4.69) is 66.9 Å². The van der Waals surface area contributed by atoms with Crippen LogP contribution in [0.1, 0.15) is 41.0 Å². The number of allylic oxidation sites excluding steroid dienone is 2. The van der Waals surface area contributed by atoms with Crippen LogP contribution in [0, 0.1) is 13.8 Å². The third kappa shape index (κ3) is 2.57. The maximum absolute atomic E-state index is 9.60. The molecule has 0 fully saturated rings. The van der Waals surface area contributed by atoms with E-state index in [-0.39, 0.29) is 6.61 Å². The average Bonchev–Trinajstić information content (AvgIpc) is 3.36. The quantitative estimate of drug-likeness (QED) is 0.421. The molecule has 4 aromatic rings. The predicted octanol–water partition coefficient (Wildman–Crippen LogP) is 6.56. The van der Waals surface area contributed by atoms with Gasteiger partial charge in [0.05, 0.1) is 6.61 Å². The monoisotopic (exact) mass is 387 g/mol. The molecule has 2 aromatic carbocycles. The number of fused-ring (bicyclic) bond motifs is 2. The standard InChI is InChI=1S/C25H25NOS/c1-16-24(20-8-3-5-12-22(20)26(16)14-15-27)18-10-7-11-19(18)25-17(2)28-23-13-6-4-9-21(23)25/h3-6,8-9,12-13,27H,7,10-11,14-15H2,1-2H3. The van der Waals surface area contributed by atoms with Gasteiger partial charge < -0.3 is 9.67 Å². The lowest BCUT2D eigenvalue weighted by atomic mass is 9.93. The van der Waals surface area contributed by atoms with Gasteiger partial charge in [0.2, 0.25) is 0 Å². The number of nitrogens with zero attached hydrogens (tertiary/aromatic N) is 1. The number of aliphatic hydroxyl groups excluding tert-OH is 1. The molecule has 1 aliphatic carbocycles. The summed E-state index contributed by atoms with van der Waals surface area (Å²) in [6.45, 7) is 5.30. The van der Waals surface area contributed by atoms with Crippen molar-refractivity contribution in [2.45, 2.75) is 39.7 Å². The number of rotatable bonds is 4. The molecule has 0 unspecified atom stereocenters. The highest BCUT2D eigenvalue weighted by atomic mass is 32.1. The summed E-state index contributed by atoms with van der Waals surface area (Å²) >= 11 is 1.91. The molecule has 0 amide bonds. The summed E-state index contributed by atoms with van der Waals surface area (Å²) in [5, 5.41) is 12.3. The zero-order chi connectivity index (χ0) is 19.3. The second kappa shape index (κ2) is 6.91. The van der Waals surface area contributed by atoms with Crippen molar-refractivity contribution in [2.75, 3.05) is 6.61 Å². The molecule has 2 aromatic heterocycles. The van der Waals surface area contributed by atoms with Crippen LogP contribution in [-0.2, 0) is 6.54 Å². The van der Waals surface area contributed by atoms with Crippen LogP contribution in [0.4, 0.5) is 0 Å². The molecule has 2 heterocycles. The number of aliphatic hydroxyl groups is 1. The van der Waals surface area contributed by atoms with Crippen molar-refractivity contribution in [3.63, 3.8) is 0 Å². The van der Waals surface area contributed by atoms with Crippen LogP contribution < -0.4 is 0 Å². The van der Waals surface area contributed by atoms with Gasteiger partial charge >= 0.3 is 0 Å². The van der Waals surface area contributed by atoms with E-state index in [9.17, 15) is 5.11 Å². The molecule has 1 aliphatic rings. The molecule has 2 nitrogen and oxygen atoms in total. The van der Waals surface area contributed by atoms with Gasteiger partial charge in [-0.15, -0.1) is 11.3 Å². The molecule has 142 valence electrons. The van der Waals surface area contributed by atoms with Crippen LogP contribution in [0.15, 0.2) is 48.5 Å². The molecule has 28 heavy (non-hydrogen) atoms. The number of benzene rings is 2. The smallest absolute Gasteiger partial charge is 0.0610 e. The molecule has 0 saturated heterocycles. The Hall–Kier alpha value is -2.36. The highest BCUT2D eigenvalue weighted by Gasteiger charge is 2.26. The van der Waals surface area contributed by atoms with Gasteiger partial charge in [0.15, 0.2) is 0 Å². The summed E-state index contributed by atoms with van der Waals surface area (Å²) < 4.78 is 3.67. The minimum absolute atomic E-state index is 0.166. The van der Waals surface area contributed by atoms with E-state index < -0.39 is 0 Å². The first kappa shape index (κ1) is 17.7. The van der Waals surface area contributed by atoms with Gasteiger partial charge in [-0.2, -0.15) is 0 Å². The number of hydrogen-bond acceptors (Lipinski definition) is 2. The maximum Gasteiger partial charge on any atom is 0.0610 e. The summed E-state index contributed by atoms with van der Waals surface area (Å²) in [6.07, 6.45) is 3.50. The third-order valence-corrected chi connectivity index (χ3v) is 7.23. The van der Waals surface area contributed by atoms with Crippen molar-refractivity contribution in [3.8, 4) is 0 Å². The maximum atomic E-state index is 9.60. The zero-order valence-corrected chi connectivity index (χ0v) is 17.3. The van der Waals surface area contributed by atoms with Gasteiger partial charge in [0.1, 0.15) is 0 Å². The molecule has 5 rings (SSSR count). The molecule has 1 N–H and O–H groups in total. The molecule has 0 atom stereocenters. The topological polar surface area (TPSA) is 25.2 Å². The van der Waals surface area contributed by atoms with Crippen LogP contribution in [0.2, 0.25) is 0 Å². The number of hydrogen-bond donors (Lipinski definition) is 1. The summed E-state index contributed by atoms with van der Waals surface area (Å²) in [4.78, 5) is 1.42. The Bertz CT molecular complexity index is 1220. The van der Waals surface area contributed by atoms with Gasteiger partial charge in [-0.05, 0) is 62.0 Å². The van der Waals surface area contributed by atoms with Crippen molar-refractivity contribution in [2.24, 2.45) is 0 Å². The minimum Gasteiger partial charge on any atom is -0.395 e. The fourth-order valence-corrected chi connectivity index (χ4v) is 6.13. The number of aryl methyl sites for hydroxylation is 1. The lowest BCUT2D eigenvalue weighted by Crippen LogP contribution is -2.04. The highest BCUT2D eigenvalue weighted by molar-refractivity contribution is 7.19. The second-order valence-corrected chi connectivity index (χ2v) is 8.95. The first-order valence-corrected chi connectivity index (χ1v) is 10.9. The van der Waals surface area contributed by atoms with E-state index in [1.807, 2.05) is 11.3 Å². The predicted molar refractivity (Wildman–Crippen MR) is 121 cm³/mol. The Morgan fingerprint density at radius 3 is 2.36 bits per heavy atom. The van der Waals surface area contributed by atoms with Gasteiger partial charge in [-0.3, -0.25) is 0 Å². The molecule has 0 saturated carbocycles. The fraction of sp³-hybridized carbons (Fsp3) is 0.280. The van der Waals surface area contributed by atoms with E-state index in [4.69, 9.17) is 0 Å². The van der Waals surface area contributed by atoms with E-state index in [0.29, 0.717) is 6.54 Å². The Balaban J connectivity index is 1.81. The Morgan fingerprint density at radius 1 is 0.893 bits per heavy atom. The first-order valence-electron chi connectivity index (χ1n) is 10.1. The third-order valence-electron chi connectivity index (χ3n) is 6.15. The van der Waals surface area contributed by atoms with Crippen molar-refractivity contribution >= 4 is 43.5 Å². The van der Waals surface area contributed by atoms with Crippen LogP contribution in [0.5, 0.6) is 0 Å². The lowest BCUT2D eigenvalue weighted by Gasteiger charge is -2.11. The molecule has 0 radical (unpaired) electrons. The van der Waals surface area contributed by atoms with Crippen molar-refractivity contribution < 1.29 is 5.11 Å². The van der Waals surface area contributed by atoms with E-state index >= 15 is 0 Å². The number of thiophene rings is 1. The summed E-state index contributed by atoms with van der Waals surface area (Å²) in [7, 11) is 0. The SMILES string of the molecule is Cc1sc2ccccc2c1C1=C(c2c(C)n(CCO)c3ccccc23)CCC1.